The number of hydrogen-bond acceptors (Lipinski definition) is 4. The molecule has 4 rings (SSSR count). The van der Waals surface area contributed by atoms with Crippen LogP contribution in [-0.2, 0) is 6.18 Å². The number of amides is 3. The number of anilines is 4. The van der Waals surface area contributed by atoms with Gasteiger partial charge in [0, 0.05) is 28.5 Å². The summed E-state index contributed by atoms with van der Waals surface area (Å²) in [6.45, 7) is 1.74. The van der Waals surface area contributed by atoms with Crippen LogP contribution in [0.25, 0.3) is 10.8 Å². The Labute approximate surface area is 202 Å². The van der Waals surface area contributed by atoms with Gasteiger partial charge in [-0.1, -0.05) is 18.2 Å². The van der Waals surface area contributed by atoms with Crippen molar-refractivity contribution in [2.24, 2.45) is 0 Å². The number of nitrogens with two attached hydrogens (primary N) is 1. The molecule has 0 spiro atoms. The lowest BCUT2D eigenvalue weighted by Crippen LogP contribution is -2.21. The molecule has 36 heavy (non-hydrogen) atoms. The second-order valence-electron chi connectivity index (χ2n) is 7.85. The molecule has 0 radical (unpaired) electrons. The number of hydrogen-bond donors (Lipinski definition) is 4. The maximum Gasteiger partial charge on any atom is 0.416 e. The number of carbonyl (C=O) groups is 2. The highest BCUT2D eigenvalue weighted by molar-refractivity contribution is 6.14. The Hall–Kier alpha value is -4.67. The largest absolute Gasteiger partial charge is 0.416 e. The van der Waals surface area contributed by atoms with Gasteiger partial charge in [-0.25, -0.2) is 14.2 Å². The Bertz CT molecular complexity index is 1490. The van der Waals surface area contributed by atoms with Crippen LogP contribution in [0.3, 0.4) is 0 Å². The van der Waals surface area contributed by atoms with Crippen LogP contribution < -0.4 is 21.7 Å². The topological polar surface area (TPSA) is 109 Å². The van der Waals surface area contributed by atoms with Crippen LogP contribution in [0.1, 0.15) is 21.5 Å². The number of benzene rings is 3. The Kier molecular flexibility index (Phi) is 6.47. The van der Waals surface area contributed by atoms with E-state index in [0.29, 0.717) is 45.8 Å². The summed E-state index contributed by atoms with van der Waals surface area (Å²) in [5.41, 5.74) is 5.79. The van der Waals surface area contributed by atoms with Gasteiger partial charge >= 0.3 is 12.2 Å². The third-order valence-corrected chi connectivity index (χ3v) is 5.37. The minimum absolute atomic E-state index is 0.215. The minimum atomic E-state index is -4.70. The van der Waals surface area contributed by atoms with Gasteiger partial charge in [0.15, 0.2) is 0 Å². The van der Waals surface area contributed by atoms with Crippen LogP contribution in [0.2, 0.25) is 0 Å². The van der Waals surface area contributed by atoms with Crippen LogP contribution in [-0.4, -0.2) is 16.9 Å². The molecule has 7 nitrogen and oxygen atoms in total. The van der Waals surface area contributed by atoms with E-state index in [0.717, 1.165) is 0 Å². The Balaban J connectivity index is 1.52. The van der Waals surface area contributed by atoms with Crippen LogP contribution in [0.5, 0.6) is 0 Å². The summed E-state index contributed by atoms with van der Waals surface area (Å²) in [7, 11) is 0. The molecule has 184 valence electrons. The number of aryl methyl sites for hydroxylation is 1. The van der Waals surface area contributed by atoms with E-state index in [1.165, 1.54) is 18.3 Å². The number of pyridine rings is 1. The third kappa shape index (κ3) is 5.19. The lowest BCUT2D eigenvalue weighted by Gasteiger charge is -2.14. The quantitative estimate of drug-likeness (QED) is 0.253. The molecule has 1 heterocycles. The summed E-state index contributed by atoms with van der Waals surface area (Å²) >= 11 is 0. The fraction of sp³-hybridized carbons (Fsp3) is 0.0800. The van der Waals surface area contributed by atoms with Crippen molar-refractivity contribution in [3.8, 4) is 0 Å². The van der Waals surface area contributed by atoms with E-state index < -0.39 is 35.2 Å². The Morgan fingerprint density at radius 2 is 1.67 bits per heavy atom. The number of urea groups is 1. The second-order valence-corrected chi connectivity index (χ2v) is 7.85. The van der Waals surface area contributed by atoms with Crippen molar-refractivity contribution in [3.63, 3.8) is 0 Å². The number of nitrogens with one attached hydrogen (secondary N) is 3. The van der Waals surface area contributed by atoms with Crippen molar-refractivity contribution < 1.29 is 27.2 Å². The molecule has 0 unspecified atom stereocenters. The fourth-order valence-corrected chi connectivity index (χ4v) is 3.53. The molecule has 5 N–H and O–H groups in total. The second kappa shape index (κ2) is 9.53. The zero-order valence-corrected chi connectivity index (χ0v) is 18.7. The molecule has 1 aromatic heterocycles. The predicted octanol–water partition coefficient (Wildman–Crippen LogP) is 6.18. The van der Waals surface area contributed by atoms with Gasteiger partial charge < -0.3 is 21.7 Å². The zero-order chi connectivity index (χ0) is 26.0. The highest BCUT2D eigenvalue weighted by Crippen LogP contribution is 2.32. The first-order valence-electron chi connectivity index (χ1n) is 10.5. The van der Waals surface area contributed by atoms with Crippen molar-refractivity contribution in [3.05, 3.63) is 89.4 Å². The highest BCUT2D eigenvalue weighted by Gasteiger charge is 2.31. The van der Waals surface area contributed by atoms with Crippen molar-refractivity contribution in [2.45, 2.75) is 13.1 Å². The number of fused-ring (bicyclic) bond motifs is 1. The Morgan fingerprint density at radius 1 is 0.889 bits per heavy atom. The summed E-state index contributed by atoms with van der Waals surface area (Å²) in [4.78, 5) is 29.4. The number of rotatable bonds is 4. The van der Waals surface area contributed by atoms with Crippen LogP contribution in [0.4, 0.5) is 45.2 Å². The van der Waals surface area contributed by atoms with E-state index in [1.807, 2.05) is 0 Å². The van der Waals surface area contributed by atoms with Gasteiger partial charge in [-0.15, -0.1) is 0 Å². The molecule has 4 aromatic rings. The van der Waals surface area contributed by atoms with E-state index in [4.69, 9.17) is 5.73 Å². The molecular weight excluding hydrogens is 478 g/mol. The average molecular weight is 497 g/mol. The first-order valence-corrected chi connectivity index (χ1v) is 10.5. The smallest absolute Gasteiger partial charge is 0.383 e. The lowest BCUT2D eigenvalue weighted by molar-refractivity contribution is -0.137. The fourth-order valence-electron chi connectivity index (χ4n) is 3.53. The normalized spacial score (nSPS) is 11.2. The summed E-state index contributed by atoms with van der Waals surface area (Å²) in [6, 6.07) is 12.1. The average Bonchev–Trinajstić information content (AvgIpc) is 2.82. The van der Waals surface area contributed by atoms with Gasteiger partial charge in [0.05, 0.1) is 11.3 Å². The third-order valence-electron chi connectivity index (χ3n) is 5.37. The molecule has 0 saturated heterocycles. The summed E-state index contributed by atoms with van der Waals surface area (Å²) in [5, 5.41) is 8.49. The lowest BCUT2D eigenvalue weighted by atomic mass is 10.0. The van der Waals surface area contributed by atoms with E-state index in [9.17, 15) is 27.2 Å². The van der Waals surface area contributed by atoms with Gasteiger partial charge in [0.1, 0.15) is 11.6 Å². The highest BCUT2D eigenvalue weighted by atomic mass is 19.4. The van der Waals surface area contributed by atoms with Crippen molar-refractivity contribution >= 4 is 45.6 Å². The molecular formula is C25H19F4N5O2. The maximum atomic E-state index is 13.9. The molecule has 0 saturated carbocycles. The van der Waals surface area contributed by atoms with Gasteiger partial charge in [0.2, 0.25) is 0 Å². The monoisotopic (exact) mass is 497 g/mol. The van der Waals surface area contributed by atoms with Gasteiger partial charge in [-0.05, 0) is 60.3 Å². The first kappa shape index (κ1) is 24.5. The standard InChI is InChI=1S/C25H19F4N5O2/c1-13-5-7-15(32-24(36)34-21-11-14(25(27,28)29)6-8-19(21)26)12-20(13)33-23(35)18-4-2-3-17-16(18)9-10-31-22(17)30/h2-12H,1H3,(H2,30,31)(H,33,35)(H2,32,34,36). The Morgan fingerprint density at radius 3 is 2.42 bits per heavy atom. The van der Waals surface area contributed by atoms with Crippen molar-refractivity contribution in [2.75, 3.05) is 21.7 Å². The summed E-state index contributed by atoms with van der Waals surface area (Å²) in [5.74, 6) is -1.17. The van der Waals surface area contributed by atoms with E-state index >= 15 is 0 Å². The molecule has 0 atom stereocenters. The molecule has 0 bridgehead atoms. The van der Waals surface area contributed by atoms with Gasteiger partial charge in [0.25, 0.3) is 5.91 Å². The molecule has 0 aliphatic carbocycles. The number of alkyl halides is 3. The van der Waals surface area contributed by atoms with Gasteiger partial charge in [-0.2, -0.15) is 13.2 Å². The maximum absolute atomic E-state index is 13.9. The number of halogens is 4. The molecule has 11 heteroatoms. The molecule has 0 aliphatic heterocycles. The van der Waals surface area contributed by atoms with Crippen LogP contribution >= 0.6 is 0 Å². The molecule has 3 amide bonds. The minimum Gasteiger partial charge on any atom is -0.383 e. The summed E-state index contributed by atoms with van der Waals surface area (Å²) in [6.07, 6.45) is -3.20. The van der Waals surface area contributed by atoms with E-state index in [2.05, 4.69) is 20.9 Å². The van der Waals surface area contributed by atoms with E-state index in [1.54, 1.807) is 37.3 Å². The number of nitrogens with zero attached hydrogens (tertiary/aromatic N) is 1. The summed E-state index contributed by atoms with van der Waals surface area (Å²) < 4.78 is 52.7. The molecule has 0 fully saturated rings. The van der Waals surface area contributed by atoms with Crippen molar-refractivity contribution in [1.82, 2.24) is 4.98 Å². The molecule has 3 aromatic carbocycles. The van der Waals surface area contributed by atoms with Gasteiger partial charge in [-0.3, -0.25) is 4.79 Å². The first-order chi connectivity index (χ1) is 17.0. The van der Waals surface area contributed by atoms with Crippen LogP contribution in [0, 0.1) is 12.7 Å². The number of carbonyl (C=O) groups excluding carboxylic acids is 2. The SMILES string of the molecule is Cc1ccc(NC(=O)Nc2cc(C(F)(F)F)ccc2F)cc1NC(=O)c1cccc2c(N)nccc12. The number of aromatic nitrogens is 1. The van der Waals surface area contributed by atoms with E-state index in [-0.39, 0.29) is 11.5 Å². The predicted molar refractivity (Wildman–Crippen MR) is 129 cm³/mol. The molecule has 0 aliphatic rings. The van der Waals surface area contributed by atoms with Crippen molar-refractivity contribution in [1.29, 1.82) is 0 Å². The van der Waals surface area contributed by atoms with Crippen LogP contribution in [0.15, 0.2) is 66.9 Å². The number of nitrogen functional groups attached to an aromatic ring is 1. The zero-order valence-electron chi connectivity index (χ0n) is 18.7.